The molecule has 0 bridgehead atoms. The second kappa shape index (κ2) is 6.89. The lowest BCUT2D eigenvalue weighted by Gasteiger charge is -2.26. The molecule has 1 N–H and O–H groups in total. The highest BCUT2D eigenvalue weighted by Crippen LogP contribution is 2.40. The van der Waals surface area contributed by atoms with Crippen LogP contribution in [-0.4, -0.2) is 21.7 Å². The van der Waals surface area contributed by atoms with Crippen molar-refractivity contribution in [3.63, 3.8) is 0 Å². The van der Waals surface area contributed by atoms with E-state index in [1.54, 1.807) is 29.6 Å². The molecule has 0 aliphatic carbocycles. The van der Waals surface area contributed by atoms with Crippen LogP contribution in [0.2, 0.25) is 0 Å². The lowest BCUT2D eigenvalue weighted by Crippen LogP contribution is -2.30. The van der Waals surface area contributed by atoms with Crippen LogP contribution < -0.4 is 0 Å². The molecule has 0 fully saturated rings. The molecule has 1 aliphatic heterocycles. The standard InChI is InChI=1S/C21H17NO4S/c1-13-6-8-14(9-7-13)18-17(19(23)16-5-3-11-27-16)20(24)21(25)22(18)12-15-4-2-10-26-15/h2-11,18,24H,12H2,1H3. The average Bonchev–Trinajstić information content (AvgIpc) is 3.41. The fourth-order valence-corrected chi connectivity index (χ4v) is 3.93. The van der Waals surface area contributed by atoms with Crippen molar-refractivity contribution in [3.8, 4) is 0 Å². The number of aliphatic hydroxyl groups excluding tert-OH is 1. The zero-order valence-electron chi connectivity index (χ0n) is 14.6. The molecule has 2 aromatic heterocycles. The quantitative estimate of drug-likeness (QED) is 0.666. The van der Waals surface area contributed by atoms with Gasteiger partial charge in [-0.1, -0.05) is 35.9 Å². The predicted molar refractivity (Wildman–Crippen MR) is 101 cm³/mol. The van der Waals surface area contributed by atoms with E-state index < -0.39 is 17.7 Å². The zero-order valence-corrected chi connectivity index (χ0v) is 15.4. The highest BCUT2D eigenvalue weighted by molar-refractivity contribution is 7.12. The highest BCUT2D eigenvalue weighted by Gasteiger charge is 2.44. The van der Waals surface area contributed by atoms with Crippen molar-refractivity contribution in [2.24, 2.45) is 0 Å². The van der Waals surface area contributed by atoms with Gasteiger partial charge in [-0.2, -0.15) is 0 Å². The van der Waals surface area contributed by atoms with Crippen molar-refractivity contribution in [1.29, 1.82) is 0 Å². The van der Waals surface area contributed by atoms with Gasteiger partial charge in [0.1, 0.15) is 5.76 Å². The van der Waals surface area contributed by atoms with Gasteiger partial charge in [-0.3, -0.25) is 9.59 Å². The van der Waals surface area contributed by atoms with Crippen molar-refractivity contribution in [2.45, 2.75) is 19.5 Å². The lowest BCUT2D eigenvalue weighted by atomic mass is 9.95. The fourth-order valence-electron chi connectivity index (χ4n) is 3.25. The zero-order chi connectivity index (χ0) is 19.0. The van der Waals surface area contributed by atoms with E-state index >= 15 is 0 Å². The first kappa shape index (κ1) is 17.3. The number of carbonyl (C=O) groups is 2. The second-order valence-electron chi connectivity index (χ2n) is 6.39. The Bertz CT molecular complexity index is 1000. The Hall–Kier alpha value is -3.12. The third-order valence-corrected chi connectivity index (χ3v) is 5.46. The number of furan rings is 1. The number of aliphatic hydroxyl groups is 1. The molecule has 0 spiro atoms. The van der Waals surface area contributed by atoms with Crippen molar-refractivity contribution in [3.05, 3.63) is 93.3 Å². The highest BCUT2D eigenvalue weighted by atomic mass is 32.1. The Labute approximate surface area is 160 Å². The van der Waals surface area contributed by atoms with Crippen molar-refractivity contribution in [2.75, 3.05) is 0 Å². The summed E-state index contributed by atoms with van der Waals surface area (Å²) in [4.78, 5) is 27.8. The Morgan fingerprint density at radius 1 is 1.19 bits per heavy atom. The number of nitrogens with zero attached hydrogens (tertiary/aromatic N) is 1. The van der Waals surface area contributed by atoms with Crippen molar-refractivity contribution < 1.29 is 19.1 Å². The van der Waals surface area contributed by atoms with Crippen LogP contribution in [0.5, 0.6) is 0 Å². The van der Waals surface area contributed by atoms with Crippen molar-refractivity contribution >= 4 is 23.0 Å². The van der Waals surface area contributed by atoms with Gasteiger partial charge in [0.15, 0.2) is 5.76 Å². The number of amides is 1. The van der Waals surface area contributed by atoms with Crippen molar-refractivity contribution in [1.82, 2.24) is 4.90 Å². The summed E-state index contributed by atoms with van der Waals surface area (Å²) in [6.07, 6.45) is 1.53. The number of aryl methyl sites for hydroxylation is 1. The summed E-state index contributed by atoms with van der Waals surface area (Å²) < 4.78 is 5.37. The Balaban J connectivity index is 1.80. The molecule has 27 heavy (non-hydrogen) atoms. The molecule has 0 saturated carbocycles. The molecule has 6 heteroatoms. The predicted octanol–water partition coefficient (Wildman–Crippen LogP) is 4.43. The van der Waals surface area contributed by atoms with Crippen LogP contribution in [0.1, 0.15) is 32.6 Å². The number of hydrogen-bond acceptors (Lipinski definition) is 5. The average molecular weight is 379 g/mol. The summed E-state index contributed by atoms with van der Waals surface area (Å²) in [5.74, 6) is -0.816. The first-order valence-electron chi connectivity index (χ1n) is 8.47. The van der Waals surface area contributed by atoms with Gasteiger partial charge in [0, 0.05) is 0 Å². The van der Waals surface area contributed by atoms with Crippen LogP contribution in [0.15, 0.2) is 75.9 Å². The summed E-state index contributed by atoms with van der Waals surface area (Å²) in [5, 5.41) is 12.3. The van der Waals surface area contributed by atoms with Gasteiger partial charge in [-0.05, 0) is 36.1 Å². The van der Waals surface area contributed by atoms with Gasteiger partial charge in [0.25, 0.3) is 5.91 Å². The molecule has 1 atom stereocenters. The van der Waals surface area contributed by atoms with E-state index in [2.05, 4.69) is 0 Å². The molecule has 3 aromatic rings. The summed E-state index contributed by atoms with van der Waals surface area (Å²) in [5.41, 5.74) is 1.95. The van der Waals surface area contributed by atoms with Gasteiger partial charge >= 0.3 is 0 Å². The van der Waals surface area contributed by atoms with E-state index in [0.29, 0.717) is 10.6 Å². The minimum Gasteiger partial charge on any atom is -0.503 e. The molecule has 4 rings (SSSR count). The van der Waals surface area contributed by atoms with Gasteiger partial charge in [-0.25, -0.2) is 0 Å². The van der Waals surface area contributed by atoms with Crippen LogP contribution in [0, 0.1) is 6.92 Å². The maximum absolute atomic E-state index is 13.1. The normalized spacial score (nSPS) is 17.0. The Kier molecular flexibility index (Phi) is 4.41. The number of benzene rings is 1. The number of ketones is 1. The van der Waals surface area contributed by atoms with E-state index in [9.17, 15) is 14.7 Å². The maximum Gasteiger partial charge on any atom is 0.290 e. The molecule has 1 unspecified atom stereocenters. The van der Waals surface area contributed by atoms with Crippen LogP contribution in [-0.2, 0) is 11.3 Å². The minimum atomic E-state index is -0.669. The van der Waals surface area contributed by atoms with Crippen LogP contribution in [0.4, 0.5) is 0 Å². The van der Waals surface area contributed by atoms with Crippen LogP contribution >= 0.6 is 11.3 Å². The minimum absolute atomic E-state index is 0.109. The maximum atomic E-state index is 13.1. The summed E-state index contributed by atoms with van der Waals surface area (Å²) in [7, 11) is 0. The van der Waals surface area contributed by atoms with Gasteiger partial charge in [0.05, 0.1) is 29.3 Å². The largest absolute Gasteiger partial charge is 0.503 e. The number of Topliss-reactive ketones (excluding diaryl/α,β-unsaturated/α-hetero) is 1. The lowest BCUT2D eigenvalue weighted by molar-refractivity contribution is -0.130. The number of hydrogen-bond donors (Lipinski definition) is 1. The fraction of sp³-hybridized carbons (Fsp3) is 0.143. The van der Waals surface area contributed by atoms with Crippen LogP contribution in [0.3, 0.4) is 0 Å². The third kappa shape index (κ3) is 3.08. The summed E-state index contributed by atoms with van der Waals surface area (Å²) in [6.45, 7) is 2.13. The smallest absolute Gasteiger partial charge is 0.290 e. The van der Waals surface area contributed by atoms with Crippen LogP contribution in [0.25, 0.3) is 0 Å². The Morgan fingerprint density at radius 2 is 1.96 bits per heavy atom. The van der Waals surface area contributed by atoms with E-state index in [1.807, 2.05) is 31.2 Å². The number of carbonyl (C=O) groups excluding carboxylic acids is 2. The number of rotatable bonds is 5. The molecule has 1 amide bonds. The molecular formula is C21H17NO4S. The Morgan fingerprint density at radius 3 is 2.59 bits per heavy atom. The second-order valence-corrected chi connectivity index (χ2v) is 7.34. The number of thiophene rings is 1. The topological polar surface area (TPSA) is 70.8 Å². The van der Waals surface area contributed by atoms with E-state index in [4.69, 9.17) is 4.42 Å². The van der Waals surface area contributed by atoms with E-state index in [1.165, 1.54) is 22.5 Å². The monoisotopic (exact) mass is 379 g/mol. The van der Waals surface area contributed by atoms with Gasteiger partial charge in [-0.15, -0.1) is 11.3 Å². The molecule has 3 heterocycles. The molecule has 1 aliphatic rings. The van der Waals surface area contributed by atoms with Gasteiger partial charge in [0.2, 0.25) is 5.78 Å². The first-order valence-corrected chi connectivity index (χ1v) is 9.35. The van der Waals surface area contributed by atoms with Gasteiger partial charge < -0.3 is 14.4 Å². The molecule has 5 nitrogen and oxygen atoms in total. The third-order valence-electron chi connectivity index (χ3n) is 4.59. The summed E-state index contributed by atoms with van der Waals surface area (Å²) >= 11 is 1.28. The van der Waals surface area contributed by atoms with E-state index in [0.717, 1.165) is 11.1 Å². The SMILES string of the molecule is Cc1ccc(C2C(C(=O)c3cccs3)=C(O)C(=O)N2Cc2ccco2)cc1. The molecule has 136 valence electrons. The first-order chi connectivity index (χ1) is 13.1. The molecular weight excluding hydrogens is 362 g/mol. The van der Waals surface area contributed by atoms with E-state index in [-0.39, 0.29) is 17.9 Å². The summed E-state index contributed by atoms with van der Waals surface area (Å²) in [6, 6.07) is 13.9. The molecule has 1 aromatic carbocycles. The molecule has 0 radical (unpaired) electrons. The molecule has 0 saturated heterocycles.